The first kappa shape index (κ1) is 18.9. The summed E-state index contributed by atoms with van der Waals surface area (Å²) >= 11 is 9.34. The lowest BCUT2D eigenvalue weighted by Gasteiger charge is -2.34. The van der Waals surface area contributed by atoms with Gasteiger partial charge in [0.15, 0.2) is 5.69 Å². The van der Waals surface area contributed by atoms with Gasteiger partial charge in [-0.3, -0.25) is 14.7 Å². The van der Waals surface area contributed by atoms with Gasteiger partial charge in [-0.05, 0) is 46.1 Å². The number of carbonyl (C=O) groups is 2. The molecule has 2 heterocycles. The first-order valence-electron chi connectivity index (χ1n) is 8.46. The molecule has 0 spiro atoms. The predicted octanol–water partition coefficient (Wildman–Crippen LogP) is 3.55. The standard InChI is InChI=1S/C18H20BrClN4O2/c1-11(2)15-14(19)16(22-21-15)18(26)24-9-7-23(8-10-24)17(25)12-3-5-13(20)6-4-12/h3-6,11H,7-10H2,1-2H3,(H,21,22). The Balaban J connectivity index is 1.64. The summed E-state index contributed by atoms with van der Waals surface area (Å²) in [6.45, 7) is 6.02. The molecule has 0 atom stereocenters. The molecule has 1 aromatic carbocycles. The molecule has 1 aromatic heterocycles. The maximum atomic E-state index is 12.7. The number of H-pyrrole nitrogens is 1. The Labute approximate surface area is 165 Å². The van der Waals surface area contributed by atoms with Crippen molar-refractivity contribution in [2.45, 2.75) is 19.8 Å². The molecule has 138 valence electrons. The third-order valence-electron chi connectivity index (χ3n) is 4.46. The zero-order chi connectivity index (χ0) is 18.8. The summed E-state index contributed by atoms with van der Waals surface area (Å²) in [7, 11) is 0. The maximum absolute atomic E-state index is 12.7. The Kier molecular flexibility index (Phi) is 5.67. The fourth-order valence-corrected chi connectivity index (χ4v) is 3.83. The van der Waals surface area contributed by atoms with Gasteiger partial charge >= 0.3 is 0 Å². The highest BCUT2D eigenvalue weighted by atomic mass is 79.9. The van der Waals surface area contributed by atoms with Gasteiger partial charge in [0.2, 0.25) is 0 Å². The number of nitrogens with zero attached hydrogens (tertiary/aromatic N) is 3. The quantitative estimate of drug-likeness (QED) is 0.795. The van der Waals surface area contributed by atoms with Crippen molar-refractivity contribution in [3.8, 4) is 0 Å². The van der Waals surface area contributed by atoms with E-state index in [1.165, 1.54) is 0 Å². The van der Waals surface area contributed by atoms with Crippen LogP contribution in [0.3, 0.4) is 0 Å². The molecular weight excluding hydrogens is 420 g/mol. The number of carbonyl (C=O) groups excluding carboxylic acids is 2. The minimum absolute atomic E-state index is 0.0446. The van der Waals surface area contributed by atoms with Gasteiger partial charge in [0.05, 0.1) is 10.2 Å². The fraction of sp³-hybridized carbons (Fsp3) is 0.389. The van der Waals surface area contributed by atoms with Crippen LogP contribution in [0.2, 0.25) is 5.02 Å². The molecule has 1 saturated heterocycles. The number of aromatic nitrogens is 2. The van der Waals surface area contributed by atoms with Crippen LogP contribution in [0.25, 0.3) is 0 Å². The Morgan fingerprint density at radius 3 is 2.12 bits per heavy atom. The number of halogens is 2. The topological polar surface area (TPSA) is 69.3 Å². The van der Waals surface area contributed by atoms with Crippen LogP contribution < -0.4 is 0 Å². The molecule has 1 N–H and O–H groups in total. The largest absolute Gasteiger partial charge is 0.335 e. The van der Waals surface area contributed by atoms with E-state index in [1.807, 2.05) is 13.8 Å². The van der Waals surface area contributed by atoms with Gasteiger partial charge in [-0.1, -0.05) is 25.4 Å². The molecule has 3 rings (SSSR count). The third-order valence-corrected chi connectivity index (χ3v) is 5.51. The van der Waals surface area contributed by atoms with Crippen molar-refractivity contribution in [2.75, 3.05) is 26.2 Å². The van der Waals surface area contributed by atoms with E-state index in [9.17, 15) is 9.59 Å². The van der Waals surface area contributed by atoms with Crippen molar-refractivity contribution in [2.24, 2.45) is 0 Å². The molecule has 1 aliphatic heterocycles. The van der Waals surface area contributed by atoms with Crippen LogP contribution in [0.5, 0.6) is 0 Å². The van der Waals surface area contributed by atoms with Gasteiger partial charge in [-0.25, -0.2) is 0 Å². The summed E-state index contributed by atoms with van der Waals surface area (Å²) in [5.41, 5.74) is 1.90. The summed E-state index contributed by atoms with van der Waals surface area (Å²) in [6, 6.07) is 6.85. The summed E-state index contributed by atoms with van der Waals surface area (Å²) < 4.78 is 0.720. The highest BCUT2D eigenvalue weighted by molar-refractivity contribution is 9.10. The summed E-state index contributed by atoms with van der Waals surface area (Å²) in [4.78, 5) is 28.8. The van der Waals surface area contributed by atoms with Crippen molar-refractivity contribution >= 4 is 39.3 Å². The van der Waals surface area contributed by atoms with Gasteiger partial charge in [-0.15, -0.1) is 0 Å². The van der Waals surface area contributed by atoms with Crippen molar-refractivity contribution in [1.82, 2.24) is 20.0 Å². The normalized spacial score (nSPS) is 14.8. The number of nitrogens with one attached hydrogen (secondary N) is 1. The molecule has 2 aromatic rings. The monoisotopic (exact) mass is 438 g/mol. The third kappa shape index (κ3) is 3.78. The molecule has 6 nitrogen and oxygen atoms in total. The molecule has 0 radical (unpaired) electrons. The van der Waals surface area contributed by atoms with Crippen LogP contribution >= 0.6 is 27.5 Å². The molecule has 0 unspecified atom stereocenters. The number of hydrogen-bond acceptors (Lipinski definition) is 3. The highest BCUT2D eigenvalue weighted by Crippen LogP contribution is 2.26. The Hall–Kier alpha value is -1.86. The van der Waals surface area contributed by atoms with E-state index in [0.29, 0.717) is 42.5 Å². The van der Waals surface area contributed by atoms with E-state index in [-0.39, 0.29) is 17.7 Å². The number of rotatable bonds is 3. The molecule has 1 fully saturated rings. The molecule has 8 heteroatoms. The van der Waals surface area contributed by atoms with Gasteiger partial charge in [0.1, 0.15) is 0 Å². The second-order valence-electron chi connectivity index (χ2n) is 6.55. The fourth-order valence-electron chi connectivity index (χ4n) is 2.90. The molecule has 1 aliphatic rings. The SMILES string of the molecule is CC(C)c1[nH]nc(C(=O)N2CCN(C(=O)c3ccc(Cl)cc3)CC2)c1Br. The second-order valence-corrected chi connectivity index (χ2v) is 7.78. The summed E-state index contributed by atoms with van der Waals surface area (Å²) in [6.07, 6.45) is 0. The van der Waals surface area contributed by atoms with Gasteiger partial charge in [0.25, 0.3) is 11.8 Å². The highest BCUT2D eigenvalue weighted by Gasteiger charge is 2.28. The molecule has 0 saturated carbocycles. The minimum Gasteiger partial charge on any atom is -0.335 e. The molecule has 0 bridgehead atoms. The number of piperazine rings is 1. The van der Waals surface area contributed by atoms with Crippen molar-refractivity contribution in [3.63, 3.8) is 0 Å². The van der Waals surface area contributed by atoms with E-state index in [2.05, 4.69) is 26.1 Å². The van der Waals surface area contributed by atoms with E-state index < -0.39 is 0 Å². The number of hydrogen-bond donors (Lipinski definition) is 1. The van der Waals surface area contributed by atoms with Gasteiger partial charge in [-0.2, -0.15) is 5.10 Å². The lowest BCUT2D eigenvalue weighted by atomic mass is 10.1. The Bertz CT molecular complexity index is 811. The van der Waals surface area contributed by atoms with E-state index in [0.717, 1.165) is 10.2 Å². The molecule has 26 heavy (non-hydrogen) atoms. The minimum atomic E-state index is -0.126. The average Bonchev–Trinajstić information content (AvgIpc) is 3.03. The van der Waals surface area contributed by atoms with Crippen LogP contribution in [0.1, 0.15) is 46.3 Å². The van der Waals surface area contributed by atoms with E-state index >= 15 is 0 Å². The van der Waals surface area contributed by atoms with Crippen molar-refractivity contribution < 1.29 is 9.59 Å². The van der Waals surface area contributed by atoms with Crippen LogP contribution in [0.15, 0.2) is 28.7 Å². The second kappa shape index (κ2) is 7.80. The van der Waals surface area contributed by atoms with Crippen LogP contribution in [-0.2, 0) is 0 Å². The zero-order valence-corrected chi connectivity index (χ0v) is 17.0. The van der Waals surface area contributed by atoms with Gasteiger partial charge in [0, 0.05) is 36.8 Å². The molecular formula is C18H20BrClN4O2. The van der Waals surface area contributed by atoms with Crippen LogP contribution in [-0.4, -0.2) is 58.0 Å². The van der Waals surface area contributed by atoms with E-state index in [1.54, 1.807) is 34.1 Å². The predicted molar refractivity (Wildman–Crippen MR) is 104 cm³/mol. The lowest BCUT2D eigenvalue weighted by molar-refractivity contribution is 0.0531. The number of amides is 2. The first-order chi connectivity index (χ1) is 12.4. The summed E-state index contributed by atoms with van der Waals surface area (Å²) in [5.74, 6) is 0.0719. The number of aromatic amines is 1. The first-order valence-corrected chi connectivity index (χ1v) is 9.63. The molecule has 0 aliphatic carbocycles. The van der Waals surface area contributed by atoms with Crippen LogP contribution in [0, 0.1) is 0 Å². The van der Waals surface area contributed by atoms with Gasteiger partial charge < -0.3 is 9.80 Å². The van der Waals surface area contributed by atoms with Crippen molar-refractivity contribution in [1.29, 1.82) is 0 Å². The number of benzene rings is 1. The maximum Gasteiger partial charge on any atom is 0.275 e. The van der Waals surface area contributed by atoms with Crippen molar-refractivity contribution in [3.05, 3.63) is 50.7 Å². The Morgan fingerprint density at radius 1 is 1.08 bits per heavy atom. The zero-order valence-electron chi connectivity index (χ0n) is 14.6. The average molecular weight is 440 g/mol. The van der Waals surface area contributed by atoms with E-state index in [4.69, 9.17) is 11.6 Å². The Morgan fingerprint density at radius 2 is 1.62 bits per heavy atom. The van der Waals surface area contributed by atoms with Crippen LogP contribution in [0.4, 0.5) is 0 Å². The lowest BCUT2D eigenvalue weighted by Crippen LogP contribution is -2.50. The molecule has 2 amide bonds. The smallest absolute Gasteiger partial charge is 0.275 e. The summed E-state index contributed by atoms with van der Waals surface area (Å²) in [5, 5.41) is 7.69.